The van der Waals surface area contributed by atoms with Crippen LogP contribution >= 0.6 is 0 Å². The number of nitrogens with zero attached hydrogens (tertiary/aromatic N) is 1. The van der Waals surface area contributed by atoms with Crippen LogP contribution in [0.15, 0.2) is 28.4 Å². The Morgan fingerprint density at radius 1 is 1.50 bits per heavy atom. The number of nitrogens with one attached hydrogen (secondary N) is 2. The Bertz CT molecular complexity index is 329. The van der Waals surface area contributed by atoms with Crippen LogP contribution in [0.1, 0.15) is 20.3 Å². The summed E-state index contributed by atoms with van der Waals surface area (Å²) in [6.07, 6.45) is 6.95. The fraction of sp³-hybridized carbons (Fsp3) is 0.500. The molecular formula is C12H19N3O. The molecule has 0 aromatic heterocycles. The van der Waals surface area contributed by atoms with Gasteiger partial charge in [0.05, 0.1) is 6.54 Å². The highest BCUT2D eigenvalue weighted by Gasteiger charge is 2.00. The summed E-state index contributed by atoms with van der Waals surface area (Å²) in [4.78, 5) is 15.4. The Morgan fingerprint density at radius 2 is 2.31 bits per heavy atom. The third kappa shape index (κ3) is 4.89. The van der Waals surface area contributed by atoms with E-state index in [1.165, 1.54) is 0 Å². The highest BCUT2D eigenvalue weighted by Crippen LogP contribution is 2.05. The van der Waals surface area contributed by atoms with Gasteiger partial charge in [0, 0.05) is 25.0 Å². The van der Waals surface area contributed by atoms with Crippen LogP contribution in [0, 0.1) is 0 Å². The second kappa shape index (κ2) is 6.95. The fourth-order valence-electron chi connectivity index (χ4n) is 1.37. The molecule has 1 aliphatic heterocycles. The van der Waals surface area contributed by atoms with Crippen LogP contribution in [0.2, 0.25) is 0 Å². The number of hydrogen-bond acceptors (Lipinski definition) is 3. The van der Waals surface area contributed by atoms with Crippen molar-refractivity contribution in [2.75, 3.05) is 19.6 Å². The van der Waals surface area contributed by atoms with E-state index in [1.54, 1.807) is 0 Å². The predicted molar refractivity (Wildman–Crippen MR) is 66.5 cm³/mol. The van der Waals surface area contributed by atoms with Crippen LogP contribution < -0.4 is 10.6 Å². The van der Waals surface area contributed by atoms with Crippen LogP contribution in [0.4, 0.5) is 0 Å². The highest BCUT2D eigenvalue weighted by atomic mass is 16.1. The van der Waals surface area contributed by atoms with Crippen molar-refractivity contribution >= 4 is 12.1 Å². The zero-order chi connectivity index (χ0) is 11.8. The molecule has 0 unspecified atom stereocenters. The number of carbonyl (C=O) groups excluding carboxylic acids is 1. The van der Waals surface area contributed by atoms with Gasteiger partial charge < -0.3 is 10.6 Å². The molecule has 4 nitrogen and oxygen atoms in total. The molecule has 0 fully saturated rings. The van der Waals surface area contributed by atoms with Crippen molar-refractivity contribution in [1.29, 1.82) is 0 Å². The maximum absolute atomic E-state index is 11.2. The largest absolute Gasteiger partial charge is 0.355 e. The van der Waals surface area contributed by atoms with E-state index in [9.17, 15) is 4.79 Å². The number of rotatable bonds is 5. The number of allylic oxidation sites excluding steroid dienone is 3. The maximum atomic E-state index is 11.2. The molecule has 0 saturated carbocycles. The zero-order valence-corrected chi connectivity index (χ0v) is 9.92. The van der Waals surface area contributed by atoms with Gasteiger partial charge in [0.2, 0.25) is 5.91 Å². The van der Waals surface area contributed by atoms with E-state index in [0.717, 1.165) is 17.7 Å². The molecule has 0 aliphatic carbocycles. The lowest BCUT2D eigenvalue weighted by Crippen LogP contribution is -2.34. The minimum absolute atomic E-state index is 0.0305. The van der Waals surface area contributed by atoms with Crippen molar-refractivity contribution in [3.05, 3.63) is 23.4 Å². The van der Waals surface area contributed by atoms with Gasteiger partial charge in [-0.05, 0) is 25.8 Å². The van der Waals surface area contributed by atoms with Gasteiger partial charge in [-0.1, -0.05) is 12.2 Å². The average Bonchev–Trinajstić information content (AvgIpc) is 2.44. The normalized spacial score (nSPS) is 15.1. The molecule has 1 heterocycles. The minimum Gasteiger partial charge on any atom is -0.355 e. The second-order valence-electron chi connectivity index (χ2n) is 3.68. The van der Waals surface area contributed by atoms with Crippen LogP contribution in [-0.2, 0) is 4.79 Å². The van der Waals surface area contributed by atoms with Gasteiger partial charge in [0.25, 0.3) is 0 Å². The first kappa shape index (κ1) is 12.6. The molecule has 0 aromatic rings. The summed E-state index contributed by atoms with van der Waals surface area (Å²) in [5.41, 5.74) is 2.16. The Morgan fingerprint density at radius 3 is 3.06 bits per heavy atom. The maximum Gasteiger partial charge on any atom is 0.233 e. The molecule has 88 valence electrons. The number of hydrogen-bond donors (Lipinski definition) is 2. The van der Waals surface area contributed by atoms with E-state index in [1.807, 2.05) is 20.1 Å². The summed E-state index contributed by atoms with van der Waals surface area (Å²) >= 11 is 0. The van der Waals surface area contributed by atoms with Gasteiger partial charge in [0.1, 0.15) is 0 Å². The lowest BCUT2D eigenvalue weighted by molar-refractivity contribution is -0.120. The van der Waals surface area contributed by atoms with Crippen molar-refractivity contribution in [2.24, 2.45) is 4.99 Å². The first-order valence-electron chi connectivity index (χ1n) is 5.59. The van der Waals surface area contributed by atoms with E-state index >= 15 is 0 Å². The highest BCUT2D eigenvalue weighted by molar-refractivity contribution is 5.81. The fourth-order valence-corrected chi connectivity index (χ4v) is 1.37. The Kier molecular flexibility index (Phi) is 5.50. The third-order valence-corrected chi connectivity index (χ3v) is 2.22. The molecule has 4 heteroatoms. The molecule has 2 N–H and O–H groups in total. The first-order valence-corrected chi connectivity index (χ1v) is 5.59. The van der Waals surface area contributed by atoms with Crippen LogP contribution in [0.3, 0.4) is 0 Å². The van der Waals surface area contributed by atoms with Gasteiger partial charge in [0.15, 0.2) is 0 Å². The molecule has 16 heavy (non-hydrogen) atoms. The lowest BCUT2D eigenvalue weighted by atomic mass is 10.2. The summed E-state index contributed by atoms with van der Waals surface area (Å²) in [7, 11) is 0. The molecule has 0 aromatic carbocycles. The zero-order valence-electron chi connectivity index (χ0n) is 9.92. The molecule has 0 atom stereocenters. The van der Waals surface area contributed by atoms with Crippen molar-refractivity contribution in [3.8, 4) is 0 Å². The van der Waals surface area contributed by atoms with E-state index in [2.05, 4.69) is 27.8 Å². The predicted octanol–water partition coefficient (Wildman–Crippen LogP) is 1.02. The molecule has 1 aliphatic rings. The van der Waals surface area contributed by atoms with E-state index in [0.29, 0.717) is 19.6 Å². The molecule has 1 rings (SSSR count). The standard InChI is InChI=1S/C12H19N3O/c1-3-14-12(16)9-13-7-11-6-4-5-10(2)15-8-11/h5-6,8,13H,3-4,7,9H2,1-2H3,(H,14,16). The van der Waals surface area contributed by atoms with Crippen molar-refractivity contribution in [1.82, 2.24) is 10.6 Å². The first-order chi connectivity index (χ1) is 7.72. The van der Waals surface area contributed by atoms with E-state index in [4.69, 9.17) is 0 Å². The van der Waals surface area contributed by atoms with Gasteiger partial charge in [-0.15, -0.1) is 0 Å². The van der Waals surface area contributed by atoms with Crippen molar-refractivity contribution < 1.29 is 4.79 Å². The SMILES string of the molecule is CCNC(=O)CNCC1=CCC=C(C)N=C1. The lowest BCUT2D eigenvalue weighted by Gasteiger charge is -2.04. The van der Waals surface area contributed by atoms with Crippen molar-refractivity contribution in [2.45, 2.75) is 20.3 Å². The van der Waals surface area contributed by atoms with Crippen LogP contribution in [0.25, 0.3) is 0 Å². The molecule has 0 radical (unpaired) electrons. The summed E-state index contributed by atoms with van der Waals surface area (Å²) in [5, 5.41) is 5.83. The summed E-state index contributed by atoms with van der Waals surface area (Å²) < 4.78 is 0. The van der Waals surface area contributed by atoms with Gasteiger partial charge >= 0.3 is 0 Å². The Balaban J connectivity index is 2.26. The molecular weight excluding hydrogens is 202 g/mol. The monoisotopic (exact) mass is 221 g/mol. The molecule has 0 spiro atoms. The van der Waals surface area contributed by atoms with E-state index in [-0.39, 0.29) is 5.91 Å². The van der Waals surface area contributed by atoms with Gasteiger partial charge in [-0.3, -0.25) is 9.79 Å². The summed E-state index contributed by atoms with van der Waals surface area (Å²) in [6.45, 7) is 5.60. The topological polar surface area (TPSA) is 53.5 Å². The summed E-state index contributed by atoms with van der Waals surface area (Å²) in [6, 6.07) is 0. The molecule has 0 bridgehead atoms. The Labute approximate surface area is 96.5 Å². The molecule has 1 amide bonds. The second-order valence-corrected chi connectivity index (χ2v) is 3.68. The number of likely N-dealkylation sites (N-methyl/N-ethyl adjacent to an activating group) is 1. The average molecular weight is 221 g/mol. The number of amides is 1. The van der Waals surface area contributed by atoms with Gasteiger partial charge in [-0.2, -0.15) is 0 Å². The summed E-state index contributed by atoms with van der Waals surface area (Å²) in [5.74, 6) is 0.0305. The van der Waals surface area contributed by atoms with Crippen molar-refractivity contribution in [3.63, 3.8) is 0 Å². The molecule has 0 saturated heterocycles. The number of aliphatic imine (C=N–C) groups is 1. The van der Waals surface area contributed by atoms with E-state index < -0.39 is 0 Å². The Hall–Kier alpha value is -1.42. The van der Waals surface area contributed by atoms with Crippen LogP contribution in [-0.4, -0.2) is 31.8 Å². The van der Waals surface area contributed by atoms with Gasteiger partial charge in [-0.25, -0.2) is 0 Å². The smallest absolute Gasteiger partial charge is 0.233 e. The third-order valence-electron chi connectivity index (χ3n) is 2.22. The minimum atomic E-state index is 0.0305. The number of carbonyl (C=O) groups is 1. The quantitative estimate of drug-likeness (QED) is 0.728. The van der Waals surface area contributed by atoms with Crippen LogP contribution in [0.5, 0.6) is 0 Å².